The zero-order valence-corrected chi connectivity index (χ0v) is 13.3. The van der Waals surface area contributed by atoms with Crippen LogP contribution >= 0.6 is 0 Å². The molecule has 0 aliphatic carbocycles. The molecule has 2 heterocycles. The van der Waals surface area contributed by atoms with Crippen molar-refractivity contribution in [3.05, 3.63) is 35.9 Å². The van der Waals surface area contributed by atoms with Crippen LogP contribution in [0.3, 0.4) is 0 Å². The topological polar surface area (TPSA) is 84.9 Å². The van der Waals surface area contributed by atoms with Crippen molar-refractivity contribution >= 4 is 18.0 Å². The number of carbonyl (C=O) groups is 3. The first-order valence-electron chi connectivity index (χ1n) is 8.09. The summed E-state index contributed by atoms with van der Waals surface area (Å²) >= 11 is 0. The fraction of sp³-hybridized carbons (Fsp3) is 0.471. The quantitative estimate of drug-likeness (QED) is 0.838. The highest BCUT2D eigenvalue weighted by atomic mass is 16.6. The van der Waals surface area contributed by atoms with Crippen LogP contribution in [-0.4, -0.2) is 48.1 Å². The minimum Gasteiger partial charge on any atom is -0.464 e. The number of esters is 1. The Morgan fingerprint density at radius 1 is 1.25 bits per heavy atom. The van der Waals surface area contributed by atoms with Crippen LogP contribution in [0.4, 0.5) is 4.79 Å². The molecule has 7 nitrogen and oxygen atoms in total. The van der Waals surface area contributed by atoms with Gasteiger partial charge in [-0.3, -0.25) is 9.69 Å². The average Bonchev–Trinajstić information content (AvgIpc) is 3.23. The smallest absolute Gasteiger partial charge is 0.410 e. The maximum absolute atomic E-state index is 12.4. The lowest BCUT2D eigenvalue weighted by atomic mass is 10.2. The largest absolute Gasteiger partial charge is 0.464 e. The molecular formula is C17H20N2O5. The molecule has 1 N–H and O–H groups in total. The number of hydrogen-bond acceptors (Lipinski definition) is 5. The minimum atomic E-state index is -0.611. The molecule has 1 aromatic rings. The van der Waals surface area contributed by atoms with Gasteiger partial charge in [-0.15, -0.1) is 0 Å². The molecule has 7 heteroatoms. The number of nitrogens with one attached hydrogen (secondary N) is 1. The van der Waals surface area contributed by atoms with Gasteiger partial charge in [0.1, 0.15) is 18.7 Å². The molecule has 1 aromatic carbocycles. The summed E-state index contributed by atoms with van der Waals surface area (Å²) in [6.45, 7) is 0.956. The van der Waals surface area contributed by atoms with Gasteiger partial charge in [0.2, 0.25) is 5.91 Å². The van der Waals surface area contributed by atoms with E-state index < -0.39 is 24.1 Å². The Kier molecular flexibility index (Phi) is 4.98. The number of rotatable bonds is 4. The molecule has 3 rings (SSSR count). The Morgan fingerprint density at radius 3 is 2.75 bits per heavy atom. The molecule has 0 aromatic heterocycles. The first-order valence-corrected chi connectivity index (χ1v) is 8.09. The zero-order valence-electron chi connectivity index (χ0n) is 13.3. The van der Waals surface area contributed by atoms with Crippen LogP contribution in [0.25, 0.3) is 0 Å². The van der Waals surface area contributed by atoms with Gasteiger partial charge in [0.15, 0.2) is 0 Å². The van der Waals surface area contributed by atoms with Crippen molar-refractivity contribution < 1.29 is 23.9 Å². The molecule has 2 unspecified atom stereocenters. The van der Waals surface area contributed by atoms with Gasteiger partial charge in [0, 0.05) is 13.0 Å². The summed E-state index contributed by atoms with van der Waals surface area (Å²) in [5.41, 5.74) is 0.889. The van der Waals surface area contributed by atoms with E-state index in [1.807, 2.05) is 30.3 Å². The van der Waals surface area contributed by atoms with Crippen molar-refractivity contribution in [2.45, 2.75) is 38.0 Å². The van der Waals surface area contributed by atoms with Gasteiger partial charge in [0.25, 0.3) is 0 Å². The Morgan fingerprint density at radius 2 is 2.04 bits per heavy atom. The summed E-state index contributed by atoms with van der Waals surface area (Å²) in [5.74, 6) is -0.743. The molecule has 128 valence electrons. The number of amides is 2. The number of ether oxygens (including phenoxy) is 2. The van der Waals surface area contributed by atoms with Crippen molar-refractivity contribution in [1.29, 1.82) is 0 Å². The summed E-state index contributed by atoms with van der Waals surface area (Å²) in [7, 11) is 0. The summed E-state index contributed by atoms with van der Waals surface area (Å²) in [4.78, 5) is 37.5. The Bertz CT molecular complexity index is 619. The van der Waals surface area contributed by atoms with Gasteiger partial charge in [-0.25, -0.2) is 9.59 Å². The van der Waals surface area contributed by atoms with Gasteiger partial charge in [-0.1, -0.05) is 30.3 Å². The number of nitrogens with zero attached hydrogens (tertiary/aromatic N) is 1. The molecular weight excluding hydrogens is 312 g/mol. The van der Waals surface area contributed by atoms with Gasteiger partial charge in [-0.05, 0) is 18.4 Å². The third-order valence-electron chi connectivity index (χ3n) is 4.25. The molecule has 2 saturated heterocycles. The monoisotopic (exact) mass is 332 g/mol. The van der Waals surface area contributed by atoms with E-state index in [1.54, 1.807) is 0 Å². The normalized spacial score (nSPS) is 23.0. The molecule has 0 radical (unpaired) electrons. The molecule has 2 amide bonds. The molecule has 2 fully saturated rings. The lowest BCUT2D eigenvalue weighted by Gasteiger charge is -2.24. The third-order valence-corrected chi connectivity index (χ3v) is 4.25. The number of carbonyl (C=O) groups excluding carboxylic acids is 3. The maximum Gasteiger partial charge on any atom is 0.410 e. The van der Waals surface area contributed by atoms with Gasteiger partial charge < -0.3 is 14.8 Å². The van der Waals surface area contributed by atoms with E-state index in [0.717, 1.165) is 12.0 Å². The van der Waals surface area contributed by atoms with Crippen molar-refractivity contribution in [1.82, 2.24) is 10.2 Å². The average molecular weight is 332 g/mol. The molecule has 0 saturated carbocycles. The second-order valence-electron chi connectivity index (χ2n) is 5.91. The molecule has 0 bridgehead atoms. The Hall–Kier alpha value is -2.57. The van der Waals surface area contributed by atoms with E-state index in [4.69, 9.17) is 9.47 Å². The lowest BCUT2D eigenvalue weighted by molar-refractivity contribution is -0.141. The van der Waals surface area contributed by atoms with Crippen LogP contribution in [-0.2, 0) is 25.7 Å². The first-order chi connectivity index (χ1) is 11.6. The summed E-state index contributed by atoms with van der Waals surface area (Å²) in [6, 6.07) is 8.16. The first kappa shape index (κ1) is 16.3. The van der Waals surface area contributed by atoms with Crippen LogP contribution in [0.15, 0.2) is 30.3 Å². The minimum absolute atomic E-state index is 0.166. The van der Waals surface area contributed by atoms with Gasteiger partial charge in [-0.2, -0.15) is 0 Å². The van der Waals surface area contributed by atoms with Crippen LogP contribution in [0.2, 0.25) is 0 Å². The molecule has 24 heavy (non-hydrogen) atoms. The predicted octanol–water partition coefficient (Wildman–Crippen LogP) is 1.22. The summed E-state index contributed by atoms with van der Waals surface area (Å²) < 4.78 is 10.1. The van der Waals surface area contributed by atoms with E-state index in [-0.39, 0.29) is 12.5 Å². The van der Waals surface area contributed by atoms with Crippen LogP contribution in [0.5, 0.6) is 0 Å². The van der Waals surface area contributed by atoms with Gasteiger partial charge >= 0.3 is 12.1 Å². The fourth-order valence-corrected chi connectivity index (χ4v) is 2.95. The SMILES string of the molecule is O=C1OCCC1NC(=O)C1CCCN1C(=O)OCc1ccccc1. The number of hydrogen-bond donors (Lipinski definition) is 1. The second-order valence-corrected chi connectivity index (χ2v) is 5.91. The Balaban J connectivity index is 1.55. The van der Waals surface area contributed by atoms with E-state index >= 15 is 0 Å². The molecule has 0 spiro atoms. The number of benzene rings is 1. The molecule has 2 aliphatic rings. The van der Waals surface area contributed by atoms with Crippen molar-refractivity contribution in [3.8, 4) is 0 Å². The van der Waals surface area contributed by atoms with E-state index in [2.05, 4.69) is 5.32 Å². The number of likely N-dealkylation sites (tertiary alicyclic amines) is 1. The predicted molar refractivity (Wildman–Crippen MR) is 83.9 cm³/mol. The van der Waals surface area contributed by atoms with Crippen LogP contribution < -0.4 is 5.32 Å². The highest BCUT2D eigenvalue weighted by molar-refractivity contribution is 5.90. The van der Waals surface area contributed by atoms with E-state index in [0.29, 0.717) is 26.0 Å². The van der Waals surface area contributed by atoms with Crippen LogP contribution in [0, 0.1) is 0 Å². The summed E-state index contributed by atoms with van der Waals surface area (Å²) in [6.07, 6.45) is 1.25. The lowest BCUT2D eigenvalue weighted by Crippen LogP contribution is -2.50. The fourth-order valence-electron chi connectivity index (χ4n) is 2.95. The molecule has 2 aliphatic heterocycles. The van der Waals surface area contributed by atoms with Crippen molar-refractivity contribution in [3.63, 3.8) is 0 Å². The summed E-state index contributed by atoms with van der Waals surface area (Å²) in [5, 5.41) is 2.67. The van der Waals surface area contributed by atoms with Crippen molar-refractivity contribution in [2.75, 3.05) is 13.2 Å². The number of cyclic esters (lactones) is 1. The highest BCUT2D eigenvalue weighted by Crippen LogP contribution is 2.20. The second kappa shape index (κ2) is 7.33. The zero-order chi connectivity index (χ0) is 16.9. The third kappa shape index (κ3) is 3.67. The molecule has 2 atom stereocenters. The van der Waals surface area contributed by atoms with E-state index in [1.165, 1.54) is 4.90 Å². The Labute approximate surface area is 139 Å². The standard InChI is InChI=1S/C17H20N2O5/c20-15(18-13-8-10-23-16(13)21)14-7-4-9-19(14)17(22)24-11-12-5-2-1-3-6-12/h1-3,5-6,13-14H,4,7-11H2,(H,18,20). The maximum atomic E-state index is 12.4. The van der Waals surface area contributed by atoms with E-state index in [9.17, 15) is 14.4 Å². The van der Waals surface area contributed by atoms with Crippen molar-refractivity contribution in [2.24, 2.45) is 0 Å². The van der Waals surface area contributed by atoms with Gasteiger partial charge in [0.05, 0.1) is 6.61 Å². The van der Waals surface area contributed by atoms with Crippen LogP contribution in [0.1, 0.15) is 24.8 Å². The highest BCUT2D eigenvalue weighted by Gasteiger charge is 2.38.